The van der Waals surface area contributed by atoms with Crippen molar-refractivity contribution in [3.63, 3.8) is 0 Å². The molecule has 0 spiro atoms. The van der Waals surface area contributed by atoms with Crippen LogP contribution >= 0.6 is 11.6 Å². The molecule has 0 aromatic heterocycles. The summed E-state index contributed by atoms with van der Waals surface area (Å²) < 4.78 is 41.5. The van der Waals surface area contributed by atoms with Crippen molar-refractivity contribution in [2.45, 2.75) is 4.90 Å². The minimum Gasteiger partial charge on any atom is -0.368 e. The lowest BCUT2D eigenvalue weighted by Gasteiger charge is -2.36. The van der Waals surface area contributed by atoms with Gasteiger partial charge >= 0.3 is 0 Å². The molecule has 32 heavy (non-hydrogen) atoms. The molecule has 0 aliphatic carbocycles. The molecule has 166 valence electrons. The fourth-order valence-electron chi connectivity index (χ4n) is 3.57. The summed E-state index contributed by atoms with van der Waals surface area (Å²) >= 11 is 6.07. The first-order chi connectivity index (χ1) is 15.3. The van der Waals surface area contributed by atoms with Crippen molar-refractivity contribution in [2.75, 3.05) is 35.8 Å². The molecule has 1 heterocycles. The van der Waals surface area contributed by atoms with E-state index in [0.29, 0.717) is 31.2 Å². The lowest BCUT2D eigenvalue weighted by molar-refractivity contribution is 0.0746. The van der Waals surface area contributed by atoms with Crippen LogP contribution in [0.15, 0.2) is 77.7 Å². The average Bonchev–Trinajstić information content (AvgIpc) is 2.80. The van der Waals surface area contributed by atoms with E-state index in [-0.39, 0.29) is 22.1 Å². The highest BCUT2D eigenvalue weighted by molar-refractivity contribution is 7.92. The Bertz CT molecular complexity index is 1240. The Morgan fingerprint density at radius 3 is 2.34 bits per heavy atom. The van der Waals surface area contributed by atoms with E-state index in [1.807, 2.05) is 24.3 Å². The van der Waals surface area contributed by atoms with Crippen LogP contribution in [0.25, 0.3) is 0 Å². The van der Waals surface area contributed by atoms with Crippen LogP contribution < -0.4 is 9.62 Å². The largest absolute Gasteiger partial charge is 0.368 e. The SMILES string of the molecule is O=C(c1cccc(S(=O)(=O)Nc2ccccc2F)c1)N1CCN(c2cccc(Cl)c2)CC1. The predicted octanol–water partition coefficient (Wildman–Crippen LogP) is 4.24. The second kappa shape index (κ2) is 9.18. The molecule has 1 aliphatic heterocycles. The van der Waals surface area contributed by atoms with Gasteiger partial charge in [-0.25, -0.2) is 12.8 Å². The van der Waals surface area contributed by atoms with Crippen molar-refractivity contribution in [3.05, 3.63) is 89.2 Å². The molecular weight excluding hydrogens is 453 g/mol. The third kappa shape index (κ3) is 4.87. The van der Waals surface area contributed by atoms with Crippen molar-refractivity contribution in [2.24, 2.45) is 0 Å². The number of carbonyl (C=O) groups excluding carboxylic acids is 1. The van der Waals surface area contributed by atoms with Crippen LogP contribution in [0.2, 0.25) is 5.02 Å². The molecule has 1 aliphatic rings. The fourth-order valence-corrected chi connectivity index (χ4v) is 4.86. The summed E-state index contributed by atoms with van der Waals surface area (Å²) in [6.45, 7) is 2.27. The highest BCUT2D eigenvalue weighted by Gasteiger charge is 2.24. The van der Waals surface area contributed by atoms with Gasteiger partial charge in [0.15, 0.2) is 0 Å². The number of hydrogen-bond donors (Lipinski definition) is 1. The lowest BCUT2D eigenvalue weighted by Crippen LogP contribution is -2.48. The Hall–Kier alpha value is -3.10. The van der Waals surface area contributed by atoms with E-state index in [1.54, 1.807) is 11.0 Å². The second-order valence-electron chi connectivity index (χ2n) is 7.37. The zero-order valence-corrected chi connectivity index (χ0v) is 18.6. The maximum Gasteiger partial charge on any atom is 0.262 e. The Morgan fingerprint density at radius 1 is 0.906 bits per heavy atom. The van der Waals surface area contributed by atoms with Crippen LogP contribution in [0.4, 0.5) is 15.8 Å². The molecule has 0 saturated carbocycles. The molecule has 6 nitrogen and oxygen atoms in total. The van der Waals surface area contributed by atoms with Crippen molar-refractivity contribution in [1.29, 1.82) is 0 Å². The van der Waals surface area contributed by atoms with Crippen LogP contribution in [0.3, 0.4) is 0 Å². The summed E-state index contributed by atoms with van der Waals surface area (Å²) in [5.41, 5.74) is 1.11. The molecule has 1 N–H and O–H groups in total. The van der Waals surface area contributed by atoms with E-state index in [9.17, 15) is 17.6 Å². The number of nitrogens with zero attached hydrogens (tertiary/aromatic N) is 2. The van der Waals surface area contributed by atoms with Crippen LogP contribution in [0.1, 0.15) is 10.4 Å². The number of benzene rings is 3. The van der Waals surface area contributed by atoms with E-state index in [2.05, 4.69) is 9.62 Å². The highest BCUT2D eigenvalue weighted by Crippen LogP contribution is 2.23. The monoisotopic (exact) mass is 473 g/mol. The molecule has 0 bridgehead atoms. The number of halogens is 2. The summed E-state index contributed by atoms with van der Waals surface area (Å²) in [7, 11) is -4.05. The van der Waals surface area contributed by atoms with E-state index in [4.69, 9.17) is 11.6 Å². The number of nitrogens with one attached hydrogen (secondary N) is 1. The molecule has 3 aromatic carbocycles. The lowest BCUT2D eigenvalue weighted by atomic mass is 10.1. The van der Waals surface area contributed by atoms with Crippen molar-refractivity contribution < 1.29 is 17.6 Å². The summed E-state index contributed by atoms with van der Waals surface area (Å²) in [4.78, 5) is 16.7. The normalized spacial score (nSPS) is 14.3. The van der Waals surface area contributed by atoms with Crippen molar-refractivity contribution in [3.8, 4) is 0 Å². The Morgan fingerprint density at radius 2 is 1.62 bits per heavy atom. The standard InChI is InChI=1S/C23H21ClFN3O3S/c24-18-6-4-7-19(16-18)27-11-13-28(14-12-27)23(29)17-5-3-8-20(15-17)32(30,31)26-22-10-2-1-9-21(22)25/h1-10,15-16,26H,11-14H2. The first-order valence-corrected chi connectivity index (χ1v) is 11.9. The van der Waals surface area contributed by atoms with Crippen LogP contribution in [0, 0.1) is 5.82 Å². The quantitative estimate of drug-likeness (QED) is 0.601. The molecule has 9 heteroatoms. The average molecular weight is 474 g/mol. The Kier molecular flexibility index (Phi) is 6.34. The Labute approximate surface area is 191 Å². The van der Waals surface area contributed by atoms with Gasteiger partial charge in [0.1, 0.15) is 5.82 Å². The molecule has 0 unspecified atom stereocenters. The maximum absolute atomic E-state index is 13.9. The van der Waals surface area contributed by atoms with Gasteiger partial charge in [-0.05, 0) is 48.5 Å². The van der Waals surface area contributed by atoms with E-state index >= 15 is 0 Å². The van der Waals surface area contributed by atoms with Gasteiger partial charge in [-0.2, -0.15) is 0 Å². The predicted molar refractivity (Wildman–Crippen MR) is 123 cm³/mol. The number of anilines is 2. The number of rotatable bonds is 5. The summed E-state index contributed by atoms with van der Waals surface area (Å²) in [6.07, 6.45) is 0. The zero-order valence-electron chi connectivity index (χ0n) is 17.0. The van der Waals surface area contributed by atoms with Gasteiger partial charge in [0.25, 0.3) is 15.9 Å². The molecule has 1 saturated heterocycles. The minimum atomic E-state index is -4.05. The molecular formula is C23H21ClFN3O3S. The van der Waals surface area contributed by atoms with Gasteiger partial charge in [0, 0.05) is 42.5 Å². The number of piperazine rings is 1. The van der Waals surface area contributed by atoms with Crippen LogP contribution in [-0.2, 0) is 10.0 Å². The molecule has 3 aromatic rings. The zero-order chi connectivity index (χ0) is 22.7. The van der Waals surface area contributed by atoms with Crippen molar-refractivity contribution in [1.82, 2.24) is 4.90 Å². The summed E-state index contributed by atoms with van der Waals surface area (Å²) in [6, 6.07) is 18.8. The van der Waals surface area contributed by atoms with Crippen LogP contribution in [0.5, 0.6) is 0 Å². The van der Waals surface area contributed by atoms with Crippen LogP contribution in [-0.4, -0.2) is 45.4 Å². The third-order valence-corrected chi connectivity index (χ3v) is 6.85. The third-order valence-electron chi connectivity index (χ3n) is 5.25. The summed E-state index contributed by atoms with van der Waals surface area (Å²) in [5.74, 6) is -0.931. The minimum absolute atomic E-state index is 0.107. The smallest absolute Gasteiger partial charge is 0.262 e. The first-order valence-electron chi connectivity index (χ1n) is 10.0. The number of para-hydroxylation sites is 1. The topological polar surface area (TPSA) is 69.7 Å². The molecule has 1 amide bonds. The van der Waals surface area contributed by atoms with Gasteiger partial charge < -0.3 is 9.80 Å². The van der Waals surface area contributed by atoms with Gasteiger partial charge in [-0.15, -0.1) is 0 Å². The number of hydrogen-bond acceptors (Lipinski definition) is 4. The summed E-state index contributed by atoms with van der Waals surface area (Å²) in [5, 5.41) is 0.656. The molecule has 4 rings (SSSR count). The maximum atomic E-state index is 13.9. The molecule has 0 radical (unpaired) electrons. The fraction of sp³-hybridized carbons (Fsp3) is 0.174. The van der Waals surface area contributed by atoms with Gasteiger partial charge in [-0.3, -0.25) is 9.52 Å². The van der Waals surface area contributed by atoms with E-state index in [1.165, 1.54) is 42.5 Å². The number of amides is 1. The van der Waals surface area contributed by atoms with E-state index < -0.39 is 15.8 Å². The Balaban J connectivity index is 1.46. The number of sulfonamides is 1. The van der Waals surface area contributed by atoms with E-state index in [0.717, 1.165) is 5.69 Å². The van der Waals surface area contributed by atoms with Crippen molar-refractivity contribution >= 4 is 38.9 Å². The first kappa shape index (κ1) is 22.1. The highest BCUT2D eigenvalue weighted by atomic mass is 35.5. The number of carbonyl (C=O) groups is 1. The second-order valence-corrected chi connectivity index (χ2v) is 9.49. The molecule has 1 fully saturated rings. The molecule has 0 atom stereocenters. The van der Waals surface area contributed by atoms with Gasteiger partial charge in [0.2, 0.25) is 0 Å². The van der Waals surface area contributed by atoms with Gasteiger partial charge in [-0.1, -0.05) is 35.9 Å². The van der Waals surface area contributed by atoms with Gasteiger partial charge in [0.05, 0.1) is 10.6 Å².